The summed E-state index contributed by atoms with van der Waals surface area (Å²) in [6, 6.07) is 0.270. The first kappa shape index (κ1) is 23.2. The SMILES string of the molecule is CN=C(NCCC1CCCC(C)C1)NCC(c1cnn(C)c1)N(C)C.I. The van der Waals surface area contributed by atoms with Crippen molar-refractivity contribution in [1.29, 1.82) is 0 Å². The minimum atomic E-state index is 0. The number of hydrogen-bond acceptors (Lipinski definition) is 3. The molecule has 1 aliphatic carbocycles. The molecule has 0 aliphatic heterocycles. The Morgan fingerprint density at radius 2 is 2.15 bits per heavy atom. The number of nitrogens with one attached hydrogen (secondary N) is 2. The van der Waals surface area contributed by atoms with Gasteiger partial charge < -0.3 is 15.5 Å². The quantitative estimate of drug-likeness (QED) is 0.361. The summed E-state index contributed by atoms with van der Waals surface area (Å²) >= 11 is 0. The predicted octanol–water partition coefficient (Wildman–Crippen LogP) is 3.02. The molecule has 3 unspecified atom stereocenters. The first-order valence-electron chi connectivity index (χ1n) is 9.59. The fraction of sp³-hybridized carbons (Fsp3) is 0.789. The molecule has 3 atom stereocenters. The van der Waals surface area contributed by atoms with Gasteiger partial charge in [-0.3, -0.25) is 9.67 Å². The smallest absolute Gasteiger partial charge is 0.191 e. The summed E-state index contributed by atoms with van der Waals surface area (Å²) in [7, 11) is 7.99. The van der Waals surface area contributed by atoms with Gasteiger partial charge in [0.05, 0.1) is 12.2 Å². The zero-order valence-electron chi connectivity index (χ0n) is 17.0. The fourth-order valence-corrected chi connectivity index (χ4v) is 3.84. The monoisotopic (exact) mass is 476 g/mol. The summed E-state index contributed by atoms with van der Waals surface area (Å²) in [6.45, 7) is 4.19. The van der Waals surface area contributed by atoms with Crippen LogP contribution in [-0.2, 0) is 7.05 Å². The maximum absolute atomic E-state index is 4.37. The normalized spacial score (nSPS) is 22.0. The van der Waals surface area contributed by atoms with E-state index in [1.165, 1.54) is 37.7 Å². The maximum atomic E-state index is 4.37. The van der Waals surface area contributed by atoms with Gasteiger partial charge in [-0.25, -0.2) is 0 Å². The Morgan fingerprint density at radius 1 is 1.38 bits per heavy atom. The van der Waals surface area contributed by atoms with Crippen LogP contribution in [0.25, 0.3) is 0 Å². The van der Waals surface area contributed by atoms with Crippen molar-refractivity contribution >= 4 is 29.9 Å². The Labute approximate surface area is 176 Å². The summed E-state index contributed by atoms with van der Waals surface area (Å²) in [4.78, 5) is 6.58. The standard InChI is InChI=1S/C19H36N6.HI/c1-15-7-6-8-16(11-15)9-10-21-19(20-2)22-13-18(24(3)4)17-12-23-25(5)14-17;/h12,14-16,18H,6-11,13H2,1-5H3,(H2,20,21,22);1H. The molecule has 0 amide bonds. The Kier molecular flexibility index (Phi) is 10.5. The van der Waals surface area contributed by atoms with Crippen molar-refractivity contribution in [3.05, 3.63) is 18.0 Å². The van der Waals surface area contributed by atoms with Crippen molar-refractivity contribution in [2.75, 3.05) is 34.2 Å². The van der Waals surface area contributed by atoms with E-state index in [0.717, 1.165) is 30.9 Å². The molecule has 1 aliphatic rings. The Morgan fingerprint density at radius 3 is 2.73 bits per heavy atom. The molecule has 7 heteroatoms. The lowest BCUT2D eigenvalue weighted by Crippen LogP contribution is -2.42. The molecule has 2 rings (SSSR count). The molecule has 150 valence electrons. The molecule has 1 aromatic rings. The van der Waals surface area contributed by atoms with E-state index in [1.54, 1.807) is 0 Å². The molecule has 0 radical (unpaired) electrons. The van der Waals surface area contributed by atoms with Crippen molar-refractivity contribution in [1.82, 2.24) is 25.3 Å². The second-order valence-electron chi connectivity index (χ2n) is 7.73. The Balaban J connectivity index is 0.00000338. The van der Waals surface area contributed by atoms with Gasteiger partial charge in [-0.15, -0.1) is 24.0 Å². The third kappa shape index (κ3) is 7.42. The van der Waals surface area contributed by atoms with E-state index in [1.807, 2.05) is 25.0 Å². The molecule has 1 aromatic heterocycles. The molecule has 0 saturated heterocycles. The van der Waals surface area contributed by atoms with Gasteiger partial charge in [0.15, 0.2) is 5.96 Å². The molecule has 1 heterocycles. The number of aryl methyl sites for hydroxylation is 1. The van der Waals surface area contributed by atoms with Crippen LogP contribution in [0.5, 0.6) is 0 Å². The van der Waals surface area contributed by atoms with Crippen molar-refractivity contribution in [3.63, 3.8) is 0 Å². The van der Waals surface area contributed by atoms with Crippen LogP contribution in [0.3, 0.4) is 0 Å². The van der Waals surface area contributed by atoms with Crippen LogP contribution >= 0.6 is 24.0 Å². The van der Waals surface area contributed by atoms with E-state index >= 15 is 0 Å². The van der Waals surface area contributed by atoms with Gasteiger partial charge in [-0.1, -0.05) is 26.2 Å². The molecule has 0 spiro atoms. The lowest BCUT2D eigenvalue weighted by atomic mass is 9.81. The van der Waals surface area contributed by atoms with Gasteiger partial charge in [0, 0.05) is 38.9 Å². The van der Waals surface area contributed by atoms with Gasteiger partial charge in [0.25, 0.3) is 0 Å². The zero-order chi connectivity index (χ0) is 18.2. The van der Waals surface area contributed by atoms with Crippen LogP contribution in [0.4, 0.5) is 0 Å². The van der Waals surface area contributed by atoms with E-state index in [0.29, 0.717) is 0 Å². The highest BCUT2D eigenvalue weighted by Gasteiger charge is 2.19. The number of hydrogen-bond donors (Lipinski definition) is 2. The second kappa shape index (κ2) is 11.8. The predicted molar refractivity (Wildman–Crippen MR) is 120 cm³/mol. The number of aliphatic imine (C=N–C) groups is 1. The topological polar surface area (TPSA) is 57.5 Å². The minimum absolute atomic E-state index is 0. The van der Waals surface area contributed by atoms with E-state index < -0.39 is 0 Å². The minimum Gasteiger partial charge on any atom is -0.356 e. The van der Waals surface area contributed by atoms with Gasteiger partial charge in [0.2, 0.25) is 0 Å². The lowest BCUT2D eigenvalue weighted by molar-refractivity contribution is 0.270. The molecule has 6 nitrogen and oxygen atoms in total. The van der Waals surface area contributed by atoms with Gasteiger partial charge in [-0.2, -0.15) is 5.10 Å². The van der Waals surface area contributed by atoms with Gasteiger partial charge in [-0.05, 0) is 38.8 Å². The number of guanidine groups is 1. The number of rotatable bonds is 7. The maximum Gasteiger partial charge on any atom is 0.191 e. The van der Waals surface area contributed by atoms with Crippen molar-refractivity contribution in [2.45, 2.75) is 45.1 Å². The molecule has 1 fully saturated rings. The van der Waals surface area contributed by atoms with Gasteiger partial charge in [0.1, 0.15) is 0 Å². The number of likely N-dealkylation sites (N-methyl/N-ethyl adjacent to an activating group) is 1. The molecule has 1 saturated carbocycles. The summed E-state index contributed by atoms with van der Waals surface area (Å²) in [6.07, 6.45) is 10.8. The van der Waals surface area contributed by atoms with Crippen LogP contribution in [0.2, 0.25) is 0 Å². The highest BCUT2D eigenvalue weighted by Crippen LogP contribution is 2.30. The van der Waals surface area contributed by atoms with Crippen molar-refractivity contribution < 1.29 is 0 Å². The third-order valence-electron chi connectivity index (χ3n) is 5.31. The summed E-state index contributed by atoms with van der Waals surface area (Å²) in [5, 5.41) is 11.2. The zero-order valence-corrected chi connectivity index (χ0v) is 19.4. The van der Waals surface area contributed by atoms with Crippen LogP contribution in [0.1, 0.15) is 50.6 Å². The number of nitrogens with zero attached hydrogens (tertiary/aromatic N) is 4. The number of halogens is 1. The highest BCUT2D eigenvalue weighted by atomic mass is 127. The second-order valence-corrected chi connectivity index (χ2v) is 7.73. The average molecular weight is 476 g/mol. The fourth-order valence-electron chi connectivity index (χ4n) is 3.84. The Hall–Kier alpha value is -0.830. The number of aromatic nitrogens is 2. The van der Waals surface area contributed by atoms with E-state index in [2.05, 4.69) is 52.8 Å². The van der Waals surface area contributed by atoms with Crippen LogP contribution in [0.15, 0.2) is 17.4 Å². The molecule has 0 aromatic carbocycles. The summed E-state index contributed by atoms with van der Waals surface area (Å²) in [5.74, 6) is 2.66. The Bertz CT molecular complexity index is 542. The first-order valence-corrected chi connectivity index (χ1v) is 9.59. The first-order chi connectivity index (χ1) is 12.0. The van der Waals surface area contributed by atoms with E-state index in [-0.39, 0.29) is 30.0 Å². The van der Waals surface area contributed by atoms with Gasteiger partial charge >= 0.3 is 0 Å². The largest absolute Gasteiger partial charge is 0.356 e. The third-order valence-corrected chi connectivity index (χ3v) is 5.31. The van der Waals surface area contributed by atoms with Crippen LogP contribution in [0, 0.1) is 11.8 Å². The summed E-state index contributed by atoms with van der Waals surface area (Å²) < 4.78 is 1.85. The van der Waals surface area contributed by atoms with Crippen LogP contribution in [-0.4, -0.2) is 54.9 Å². The van der Waals surface area contributed by atoms with Crippen LogP contribution < -0.4 is 10.6 Å². The molecule has 26 heavy (non-hydrogen) atoms. The van der Waals surface area contributed by atoms with Crippen molar-refractivity contribution in [3.8, 4) is 0 Å². The molecule has 2 N–H and O–H groups in total. The van der Waals surface area contributed by atoms with E-state index in [9.17, 15) is 0 Å². The average Bonchev–Trinajstić information content (AvgIpc) is 2.99. The highest BCUT2D eigenvalue weighted by molar-refractivity contribution is 14.0. The lowest BCUT2D eigenvalue weighted by Gasteiger charge is -2.27. The molecular formula is C19H37IN6. The van der Waals surface area contributed by atoms with Crippen molar-refractivity contribution in [2.24, 2.45) is 23.9 Å². The molecule has 0 bridgehead atoms. The molecular weight excluding hydrogens is 439 g/mol. The summed E-state index contributed by atoms with van der Waals surface area (Å²) in [5.41, 5.74) is 1.21. The van der Waals surface area contributed by atoms with E-state index in [4.69, 9.17) is 0 Å².